The normalized spacial score (nSPS) is 12.0. The standard InChI is InChI=1S/C12H16F2N2O4S/c1-20-7-6-16(8-11(13)14)21(18,19)10-4-2-9(3-5-10)12(15)17/h2-5,11H,6-8H2,1H3,(H2,15,17). The Bertz CT molecular complexity index is 575. The number of hydrogen-bond donors (Lipinski definition) is 1. The number of primary amides is 1. The summed E-state index contributed by atoms with van der Waals surface area (Å²) in [7, 11) is -2.75. The topological polar surface area (TPSA) is 89.7 Å². The van der Waals surface area contributed by atoms with Crippen molar-refractivity contribution in [1.29, 1.82) is 0 Å². The molecule has 1 rings (SSSR count). The average Bonchev–Trinajstić information content (AvgIpc) is 2.43. The molecule has 1 amide bonds. The van der Waals surface area contributed by atoms with E-state index in [0.29, 0.717) is 4.31 Å². The van der Waals surface area contributed by atoms with Gasteiger partial charge in [-0.25, -0.2) is 17.2 Å². The van der Waals surface area contributed by atoms with Crippen LogP contribution in [0.2, 0.25) is 0 Å². The monoisotopic (exact) mass is 322 g/mol. The van der Waals surface area contributed by atoms with E-state index in [0.717, 1.165) is 12.1 Å². The first-order chi connectivity index (χ1) is 9.78. The number of hydrogen-bond acceptors (Lipinski definition) is 4. The maximum absolute atomic E-state index is 12.5. The molecule has 0 atom stereocenters. The second-order valence-electron chi connectivity index (χ2n) is 4.14. The number of ether oxygens (including phenoxy) is 1. The van der Waals surface area contributed by atoms with Gasteiger partial charge in [0.15, 0.2) is 0 Å². The van der Waals surface area contributed by atoms with Gasteiger partial charge in [0.05, 0.1) is 18.0 Å². The molecule has 21 heavy (non-hydrogen) atoms. The Balaban J connectivity index is 3.06. The number of nitrogens with two attached hydrogens (primary N) is 1. The highest BCUT2D eigenvalue weighted by Gasteiger charge is 2.27. The molecule has 0 aromatic heterocycles. The maximum Gasteiger partial charge on any atom is 0.252 e. The van der Waals surface area contributed by atoms with Crippen molar-refractivity contribution < 1.29 is 26.7 Å². The summed E-state index contributed by atoms with van der Waals surface area (Å²) in [6.07, 6.45) is -2.80. The molecule has 6 nitrogen and oxygen atoms in total. The van der Waals surface area contributed by atoms with Crippen LogP contribution < -0.4 is 5.73 Å². The zero-order valence-corrected chi connectivity index (χ0v) is 12.1. The molecule has 0 radical (unpaired) electrons. The molecule has 0 heterocycles. The van der Waals surface area contributed by atoms with Gasteiger partial charge in [0.2, 0.25) is 15.9 Å². The molecule has 0 bridgehead atoms. The predicted molar refractivity (Wildman–Crippen MR) is 71.6 cm³/mol. The Morgan fingerprint density at radius 3 is 2.33 bits per heavy atom. The largest absolute Gasteiger partial charge is 0.383 e. The molecule has 118 valence electrons. The number of methoxy groups -OCH3 is 1. The molecule has 0 saturated carbocycles. The number of halogens is 2. The number of alkyl halides is 2. The summed E-state index contributed by atoms with van der Waals surface area (Å²) in [5, 5.41) is 0. The van der Waals surface area contributed by atoms with Crippen LogP contribution in [0.15, 0.2) is 29.2 Å². The van der Waals surface area contributed by atoms with Gasteiger partial charge in [-0.15, -0.1) is 0 Å². The number of carbonyl (C=O) groups excluding carboxylic acids is 1. The number of nitrogens with zero attached hydrogens (tertiary/aromatic N) is 1. The van der Waals surface area contributed by atoms with Crippen LogP contribution in [0.4, 0.5) is 8.78 Å². The third-order valence-electron chi connectivity index (χ3n) is 2.66. The van der Waals surface area contributed by atoms with E-state index in [2.05, 4.69) is 0 Å². The lowest BCUT2D eigenvalue weighted by molar-refractivity contribution is 0.1000. The molecular formula is C12H16F2N2O4S. The third kappa shape index (κ3) is 4.73. The molecule has 0 unspecified atom stereocenters. The van der Waals surface area contributed by atoms with Crippen molar-refractivity contribution in [3.05, 3.63) is 29.8 Å². The molecular weight excluding hydrogens is 306 g/mol. The van der Waals surface area contributed by atoms with E-state index < -0.39 is 28.9 Å². The maximum atomic E-state index is 12.5. The Morgan fingerprint density at radius 2 is 1.90 bits per heavy atom. The quantitative estimate of drug-likeness (QED) is 0.762. The van der Waals surface area contributed by atoms with E-state index in [1.165, 1.54) is 19.2 Å². The number of sulfonamides is 1. The summed E-state index contributed by atoms with van der Waals surface area (Å²) in [5.74, 6) is -0.706. The van der Waals surface area contributed by atoms with E-state index in [-0.39, 0.29) is 23.6 Å². The predicted octanol–water partition coefficient (Wildman–Crippen LogP) is 0.688. The van der Waals surface area contributed by atoms with Gasteiger partial charge in [0, 0.05) is 19.2 Å². The zero-order chi connectivity index (χ0) is 16.0. The van der Waals surface area contributed by atoms with Crippen LogP contribution in [0.3, 0.4) is 0 Å². The van der Waals surface area contributed by atoms with Gasteiger partial charge in [-0.05, 0) is 24.3 Å². The van der Waals surface area contributed by atoms with Crippen LogP contribution in [-0.2, 0) is 14.8 Å². The summed E-state index contributed by atoms with van der Waals surface area (Å²) < 4.78 is 55.0. The molecule has 9 heteroatoms. The average molecular weight is 322 g/mol. The van der Waals surface area contributed by atoms with Gasteiger partial charge >= 0.3 is 0 Å². The number of carbonyl (C=O) groups is 1. The Hall–Kier alpha value is -1.58. The van der Waals surface area contributed by atoms with Crippen LogP contribution >= 0.6 is 0 Å². The third-order valence-corrected chi connectivity index (χ3v) is 4.54. The molecule has 1 aromatic rings. The second kappa shape index (κ2) is 7.43. The fraction of sp³-hybridized carbons (Fsp3) is 0.417. The summed E-state index contributed by atoms with van der Waals surface area (Å²) >= 11 is 0. The van der Waals surface area contributed by atoms with E-state index in [4.69, 9.17) is 10.5 Å². The smallest absolute Gasteiger partial charge is 0.252 e. The van der Waals surface area contributed by atoms with Gasteiger partial charge < -0.3 is 10.5 Å². The van der Waals surface area contributed by atoms with Crippen LogP contribution in [0.1, 0.15) is 10.4 Å². The minimum atomic E-state index is -4.09. The summed E-state index contributed by atoms with van der Waals surface area (Å²) in [4.78, 5) is 10.7. The minimum absolute atomic E-state index is 0.00861. The molecule has 2 N–H and O–H groups in total. The van der Waals surface area contributed by atoms with Crippen LogP contribution in [0, 0.1) is 0 Å². The molecule has 0 fully saturated rings. The Kier molecular flexibility index (Phi) is 6.19. The highest BCUT2D eigenvalue weighted by molar-refractivity contribution is 7.89. The van der Waals surface area contributed by atoms with Crippen molar-refractivity contribution in [2.45, 2.75) is 11.3 Å². The second-order valence-corrected chi connectivity index (χ2v) is 6.07. The number of amides is 1. The lowest BCUT2D eigenvalue weighted by Gasteiger charge is -2.21. The molecule has 0 saturated heterocycles. The van der Waals surface area contributed by atoms with Gasteiger partial charge in [0.1, 0.15) is 0 Å². The summed E-state index contributed by atoms with van der Waals surface area (Å²) in [6.45, 7) is -1.13. The lowest BCUT2D eigenvalue weighted by Crippen LogP contribution is -2.37. The van der Waals surface area contributed by atoms with Crippen molar-refractivity contribution in [2.75, 3.05) is 26.8 Å². The van der Waals surface area contributed by atoms with Crippen molar-refractivity contribution >= 4 is 15.9 Å². The van der Waals surface area contributed by atoms with Crippen molar-refractivity contribution in [3.63, 3.8) is 0 Å². The highest BCUT2D eigenvalue weighted by atomic mass is 32.2. The van der Waals surface area contributed by atoms with Gasteiger partial charge in [-0.2, -0.15) is 4.31 Å². The van der Waals surface area contributed by atoms with Crippen molar-refractivity contribution in [3.8, 4) is 0 Å². The Labute approximate surface area is 121 Å². The summed E-state index contributed by atoms with van der Waals surface area (Å²) in [5.41, 5.74) is 5.18. The van der Waals surface area contributed by atoms with E-state index in [1.54, 1.807) is 0 Å². The Morgan fingerprint density at radius 1 is 1.33 bits per heavy atom. The van der Waals surface area contributed by atoms with E-state index >= 15 is 0 Å². The molecule has 1 aromatic carbocycles. The summed E-state index contributed by atoms with van der Waals surface area (Å²) in [6, 6.07) is 4.76. The minimum Gasteiger partial charge on any atom is -0.383 e. The van der Waals surface area contributed by atoms with Crippen molar-refractivity contribution in [1.82, 2.24) is 4.31 Å². The van der Waals surface area contributed by atoms with E-state index in [1.807, 2.05) is 0 Å². The van der Waals surface area contributed by atoms with Crippen molar-refractivity contribution in [2.24, 2.45) is 5.73 Å². The molecule has 0 aliphatic carbocycles. The molecule has 0 spiro atoms. The molecule has 0 aliphatic heterocycles. The highest BCUT2D eigenvalue weighted by Crippen LogP contribution is 2.17. The van der Waals surface area contributed by atoms with Crippen LogP contribution in [0.25, 0.3) is 0 Å². The molecule has 0 aliphatic rings. The van der Waals surface area contributed by atoms with Gasteiger partial charge in [-0.3, -0.25) is 4.79 Å². The lowest BCUT2D eigenvalue weighted by atomic mass is 10.2. The first-order valence-electron chi connectivity index (χ1n) is 5.96. The fourth-order valence-electron chi connectivity index (χ4n) is 1.60. The SMILES string of the molecule is COCCN(CC(F)F)S(=O)(=O)c1ccc(C(N)=O)cc1. The first-order valence-corrected chi connectivity index (χ1v) is 7.40. The first kappa shape index (κ1) is 17.5. The fourth-order valence-corrected chi connectivity index (χ4v) is 3.00. The number of rotatable bonds is 8. The van der Waals surface area contributed by atoms with Crippen LogP contribution in [-0.4, -0.2) is 51.9 Å². The number of benzene rings is 1. The van der Waals surface area contributed by atoms with Crippen LogP contribution in [0.5, 0.6) is 0 Å². The zero-order valence-electron chi connectivity index (χ0n) is 11.3. The van der Waals surface area contributed by atoms with Gasteiger partial charge in [0.25, 0.3) is 6.43 Å². The van der Waals surface area contributed by atoms with E-state index in [9.17, 15) is 22.0 Å². The van der Waals surface area contributed by atoms with Gasteiger partial charge in [-0.1, -0.05) is 0 Å².